The highest BCUT2D eigenvalue weighted by atomic mass is 32.1. The number of carbonyl (C=O) groups is 2. The average molecular weight is 425 g/mol. The van der Waals surface area contributed by atoms with E-state index in [1.807, 2.05) is 23.6 Å². The third-order valence-electron chi connectivity index (χ3n) is 5.94. The van der Waals surface area contributed by atoms with Gasteiger partial charge in [0.05, 0.1) is 5.57 Å². The summed E-state index contributed by atoms with van der Waals surface area (Å²) in [6, 6.07) is 14.5. The molecule has 3 heterocycles. The van der Waals surface area contributed by atoms with Gasteiger partial charge in [0.2, 0.25) is 0 Å². The molecule has 158 valence electrons. The van der Waals surface area contributed by atoms with E-state index in [0.717, 1.165) is 37.2 Å². The molecule has 2 aliphatic heterocycles. The lowest BCUT2D eigenvalue weighted by molar-refractivity contribution is -0.137. The van der Waals surface area contributed by atoms with Crippen molar-refractivity contribution in [2.45, 2.75) is 25.7 Å². The second-order valence-electron chi connectivity index (χ2n) is 7.93. The molecule has 1 saturated heterocycles. The molecule has 4 rings (SSSR count). The number of carbonyl (C=O) groups excluding carboxylic acids is 2. The van der Waals surface area contributed by atoms with E-state index in [1.54, 1.807) is 7.11 Å². The molecule has 0 spiro atoms. The van der Waals surface area contributed by atoms with Crippen LogP contribution in [0.15, 0.2) is 53.5 Å². The third kappa shape index (κ3) is 4.35. The molecular weight excluding hydrogens is 396 g/mol. The van der Waals surface area contributed by atoms with Crippen LogP contribution < -0.4 is 0 Å². The second kappa shape index (κ2) is 9.58. The fraction of sp³-hybridized carbons (Fsp3) is 0.417. The zero-order valence-electron chi connectivity index (χ0n) is 17.4. The summed E-state index contributed by atoms with van der Waals surface area (Å²) in [5, 5.41) is 1.96. The monoisotopic (exact) mass is 424 g/mol. The highest BCUT2D eigenvalue weighted by Crippen LogP contribution is 2.36. The van der Waals surface area contributed by atoms with Crippen LogP contribution in [0.4, 0.5) is 0 Å². The maximum atomic E-state index is 13.3. The summed E-state index contributed by atoms with van der Waals surface area (Å²) in [7, 11) is 1.63. The first kappa shape index (κ1) is 20.8. The molecule has 30 heavy (non-hydrogen) atoms. The number of rotatable bonds is 8. The van der Waals surface area contributed by atoms with Crippen LogP contribution in [-0.2, 0) is 20.7 Å². The van der Waals surface area contributed by atoms with E-state index < -0.39 is 0 Å². The molecule has 2 amide bonds. The number of hydrogen-bond donors (Lipinski definition) is 0. The van der Waals surface area contributed by atoms with Gasteiger partial charge in [-0.3, -0.25) is 14.5 Å². The summed E-state index contributed by atoms with van der Waals surface area (Å²) in [5.74, 6) is 0.292. The molecule has 1 fully saturated rings. The molecular formula is C24H28N2O3S. The number of likely N-dealkylation sites (tertiary alicyclic amines) is 1. The topological polar surface area (TPSA) is 49.9 Å². The smallest absolute Gasteiger partial charge is 0.277 e. The van der Waals surface area contributed by atoms with E-state index in [2.05, 4.69) is 29.2 Å². The average Bonchev–Trinajstić information content (AvgIpc) is 3.37. The van der Waals surface area contributed by atoms with E-state index in [0.29, 0.717) is 36.8 Å². The number of thiophene rings is 1. The quantitative estimate of drug-likeness (QED) is 0.478. The SMILES string of the molecule is COCCCN1C(=O)C(c2cccs2)=C(N2CCC(Cc3ccccc3)CC2)C1=O. The van der Waals surface area contributed by atoms with Crippen LogP contribution in [0, 0.1) is 5.92 Å². The maximum absolute atomic E-state index is 13.3. The number of piperidine rings is 1. The molecule has 0 atom stereocenters. The van der Waals surface area contributed by atoms with Crippen molar-refractivity contribution in [3.05, 3.63) is 64.0 Å². The van der Waals surface area contributed by atoms with E-state index in [-0.39, 0.29) is 11.8 Å². The Balaban J connectivity index is 1.50. The van der Waals surface area contributed by atoms with Crippen molar-refractivity contribution in [1.82, 2.24) is 9.80 Å². The highest BCUT2D eigenvalue weighted by Gasteiger charge is 2.42. The van der Waals surface area contributed by atoms with Crippen molar-refractivity contribution in [3.63, 3.8) is 0 Å². The lowest BCUT2D eigenvalue weighted by Crippen LogP contribution is -2.39. The summed E-state index contributed by atoms with van der Waals surface area (Å²) in [4.78, 5) is 30.8. The minimum atomic E-state index is -0.167. The van der Waals surface area contributed by atoms with Gasteiger partial charge >= 0.3 is 0 Å². The predicted molar refractivity (Wildman–Crippen MR) is 119 cm³/mol. The second-order valence-corrected chi connectivity index (χ2v) is 8.88. The van der Waals surface area contributed by atoms with Crippen LogP contribution in [0.25, 0.3) is 5.57 Å². The van der Waals surface area contributed by atoms with Crippen molar-refractivity contribution in [1.29, 1.82) is 0 Å². The Morgan fingerprint density at radius 1 is 1.03 bits per heavy atom. The maximum Gasteiger partial charge on any atom is 0.277 e. The van der Waals surface area contributed by atoms with Crippen molar-refractivity contribution < 1.29 is 14.3 Å². The summed E-state index contributed by atoms with van der Waals surface area (Å²) in [6.45, 7) is 2.55. The van der Waals surface area contributed by atoms with E-state index >= 15 is 0 Å². The minimum Gasteiger partial charge on any atom is -0.385 e. The first-order valence-corrected chi connectivity index (χ1v) is 11.5. The van der Waals surface area contributed by atoms with Crippen molar-refractivity contribution in [2.75, 3.05) is 33.4 Å². The summed E-state index contributed by atoms with van der Waals surface area (Å²) in [5.41, 5.74) is 2.54. The van der Waals surface area contributed by atoms with Crippen molar-refractivity contribution >= 4 is 28.7 Å². The summed E-state index contributed by atoms with van der Waals surface area (Å²) < 4.78 is 5.10. The lowest BCUT2D eigenvalue weighted by Gasteiger charge is -2.34. The van der Waals surface area contributed by atoms with E-state index in [1.165, 1.54) is 21.8 Å². The van der Waals surface area contributed by atoms with Crippen molar-refractivity contribution in [2.24, 2.45) is 5.92 Å². The van der Waals surface area contributed by atoms with Crippen LogP contribution >= 0.6 is 11.3 Å². The molecule has 1 aromatic heterocycles. The van der Waals surface area contributed by atoms with Gasteiger partial charge in [0.1, 0.15) is 5.70 Å². The molecule has 0 radical (unpaired) electrons. The number of nitrogens with zero attached hydrogens (tertiary/aromatic N) is 2. The van der Waals surface area contributed by atoms with Gasteiger partial charge in [-0.15, -0.1) is 11.3 Å². The largest absolute Gasteiger partial charge is 0.385 e. The van der Waals surface area contributed by atoms with Crippen LogP contribution in [0.5, 0.6) is 0 Å². The molecule has 5 nitrogen and oxygen atoms in total. The Morgan fingerprint density at radius 2 is 1.80 bits per heavy atom. The van der Waals surface area contributed by atoms with Gasteiger partial charge < -0.3 is 9.64 Å². The number of methoxy groups -OCH3 is 1. The van der Waals surface area contributed by atoms with Crippen LogP contribution in [0.3, 0.4) is 0 Å². The van der Waals surface area contributed by atoms with Gasteiger partial charge in [-0.2, -0.15) is 0 Å². The Kier molecular flexibility index (Phi) is 6.65. The molecule has 1 aromatic carbocycles. The lowest BCUT2D eigenvalue weighted by atomic mass is 9.90. The normalized spacial score (nSPS) is 18.0. The Hall–Kier alpha value is -2.44. The molecule has 0 N–H and O–H groups in total. The number of benzene rings is 1. The third-order valence-corrected chi connectivity index (χ3v) is 6.83. The van der Waals surface area contributed by atoms with Crippen LogP contribution in [0.2, 0.25) is 0 Å². The minimum absolute atomic E-state index is 0.152. The Morgan fingerprint density at radius 3 is 2.47 bits per heavy atom. The number of imide groups is 1. The fourth-order valence-electron chi connectivity index (χ4n) is 4.38. The molecule has 0 aliphatic carbocycles. The Labute approximate surface area is 181 Å². The van der Waals surface area contributed by atoms with Gasteiger partial charge in [0.25, 0.3) is 11.8 Å². The van der Waals surface area contributed by atoms with Crippen LogP contribution in [-0.4, -0.2) is 55.0 Å². The number of ether oxygens (including phenoxy) is 1. The summed E-state index contributed by atoms with van der Waals surface area (Å²) >= 11 is 1.52. The van der Waals surface area contributed by atoms with E-state index in [9.17, 15) is 9.59 Å². The highest BCUT2D eigenvalue weighted by molar-refractivity contribution is 7.11. The standard InChI is InChI=1S/C24H28N2O3S/c1-29-15-6-12-26-23(27)21(20-9-5-16-30-20)22(24(26)28)25-13-10-19(11-14-25)17-18-7-3-2-4-8-18/h2-5,7-9,16,19H,6,10-15,17H2,1H3. The predicted octanol–water partition coefficient (Wildman–Crippen LogP) is 3.82. The van der Waals surface area contributed by atoms with Crippen molar-refractivity contribution in [3.8, 4) is 0 Å². The van der Waals surface area contributed by atoms with Crippen LogP contribution in [0.1, 0.15) is 29.7 Å². The molecule has 2 aromatic rings. The van der Waals surface area contributed by atoms with Gasteiger partial charge in [0, 0.05) is 38.2 Å². The molecule has 0 bridgehead atoms. The van der Waals surface area contributed by atoms with E-state index in [4.69, 9.17) is 4.74 Å². The molecule has 2 aliphatic rings. The first-order chi connectivity index (χ1) is 14.7. The Bertz CT molecular complexity index is 900. The summed E-state index contributed by atoms with van der Waals surface area (Å²) in [6.07, 6.45) is 3.78. The number of hydrogen-bond acceptors (Lipinski definition) is 5. The zero-order valence-corrected chi connectivity index (χ0v) is 18.2. The van der Waals surface area contributed by atoms with Gasteiger partial charge in [-0.25, -0.2) is 0 Å². The van der Waals surface area contributed by atoms with Gasteiger partial charge in [-0.1, -0.05) is 36.4 Å². The zero-order chi connectivity index (χ0) is 20.9. The van der Waals surface area contributed by atoms with Gasteiger partial charge in [0.15, 0.2) is 0 Å². The molecule has 0 saturated carbocycles. The van der Waals surface area contributed by atoms with Gasteiger partial charge in [-0.05, 0) is 48.6 Å². The number of amides is 2. The fourth-order valence-corrected chi connectivity index (χ4v) is 5.14. The molecule has 0 unspecified atom stereocenters. The molecule has 6 heteroatoms. The first-order valence-electron chi connectivity index (χ1n) is 10.6.